The van der Waals surface area contributed by atoms with Gasteiger partial charge in [0.25, 0.3) is 11.6 Å². The Morgan fingerprint density at radius 1 is 1.10 bits per heavy atom. The van der Waals surface area contributed by atoms with Crippen molar-refractivity contribution in [2.24, 2.45) is 0 Å². The van der Waals surface area contributed by atoms with E-state index in [0.29, 0.717) is 6.07 Å². The zero-order valence-electron chi connectivity index (χ0n) is 15.6. The van der Waals surface area contributed by atoms with Gasteiger partial charge in [0.2, 0.25) is 5.91 Å². The Morgan fingerprint density at radius 3 is 2.38 bits per heavy atom. The lowest BCUT2D eigenvalue weighted by atomic mass is 10.00. The lowest BCUT2D eigenvalue weighted by Crippen LogP contribution is -2.56. The molecule has 1 unspecified atom stereocenters. The number of nitro groups is 1. The van der Waals surface area contributed by atoms with Crippen LogP contribution >= 0.6 is 0 Å². The summed E-state index contributed by atoms with van der Waals surface area (Å²) in [4.78, 5) is 38.2. The predicted octanol–water partition coefficient (Wildman–Crippen LogP) is 2.76. The topological polar surface area (TPSA) is 83.8 Å². The van der Waals surface area contributed by atoms with Crippen LogP contribution in [0.15, 0.2) is 48.2 Å². The van der Waals surface area contributed by atoms with Gasteiger partial charge in [0.05, 0.1) is 10.5 Å². The van der Waals surface area contributed by atoms with Gasteiger partial charge in [0, 0.05) is 26.6 Å². The van der Waals surface area contributed by atoms with Gasteiger partial charge in [-0.15, -0.1) is 0 Å². The number of nitro benzene ring substituents is 1. The fourth-order valence-electron chi connectivity index (χ4n) is 3.18. The number of hydrogen-bond acceptors (Lipinski definition) is 4. The van der Waals surface area contributed by atoms with Crippen LogP contribution in [0.3, 0.4) is 0 Å². The van der Waals surface area contributed by atoms with Crippen molar-refractivity contribution in [1.29, 1.82) is 0 Å². The van der Waals surface area contributed by atoms with Crippen molar-refractivity contribution in [3.8, 4) is 0 Å². The molecule has 1 aliphatic rings. The van der Waals surface area contributed by atoms with Gasteiger partial charge in [0.1, 0.15) is 11.7 Å². The highest BCUT2D eigenvalue weighted by molar-refractivity contribution is 6.07. The first-order valence-corrected chi connectivity index (χ1v) is 8.65. The smallest absolute Gasteiger partial charge is 0.279 e. The molecule has 7 nitrogen and oxygen atoms in total. The number of rotatable bonds is 4. The second kappa shape index (κ2) is 7.78. The van der Waals surface area contributed by atoms with Gasteiger partial charge >= 0.3 is 0 Å². The van der Waals surface area contributed by atoms with Crippen LogP contribution in [-0.4, -0.2) is 46.7 Å². The molecule has 0 N–H and O–H groups in total. The Balaban J connectivity index is 2.01. The first kappa shape index (κ1) is 20.1. The molecule has 0 bridgehead atoms. The molecule has 0 spiro atoms. The highest BCUT2D eigenvalue weighted by Crippen LogP contribution is 2.29. The number of carbonyl (C=O) groups excluding carboxylic acids is 2. The van der Waals surface area contributed by atoms with Crippen LogP contribution in [0.5, 0.6) is 0 Å². The predicted molar refractivity (Wildman–Crippen MR) is 100 cm³/mol. The van der Waals surface area contributed by atoms with Crippen LogP contribution in [0.2, 0.25) is 0 Å². The maximum atomic E-state index is 14.2. The zero-order valence-corrected chi connectivity index (χ0v) is 15.6. The normalized spacial score (nSPS) is 18.5. The number of likely N-dealkylation sites (N-methyl/N-ethyl adjacent to an activating group) is 2. The molecule has 1 fully saturated rings. The van der Waals surface area contributed by atoms with Gasteiger partial charge < -0.3 is 9.80 Å². The third kappa shape index (κ3) is 3.71. The SMILES string of the molecule is CN1C(=O)C(Cc2ccccc2)N(C)C(=O)C1=Cc1c([N+](=O)[O-])ccc(F)c1F. The zero-order chi connectivity index (χ0) is 21.3. The molecule has 9 heteroatoms. The maximum absolute atomic E-state index is 14.2. The summed E-state index contributed by atoms with van der Waals surface area (Å²) < 4.78 is 27.9. The van der Waals surface area contributed by atoms with E-state index >= 15 is 0 Å². The minimum atomic E-state index is -1.46. The van der Waals surface area contributed by atoms with Crippen LogP contribution in [0.4, 0.5) is 14.5 Å². The third-order valence-corrected chi connectivity index (χ3v) is 4.84. The van der Waals surface area contributed by atoms with Crippen molar-refractivity contribution in [2.45, 2.75) is 12.5 Å². The van der Waals surface area contributed by atoms with Crippen LogP contribution in [0.25, 0.3) is 6.08 Å². The van der Waals surface area contributed by atoms with E-state index in [9.17, 15) is 28.5 Å². The molecule has 0 radical (unpaired) electrons. The Kier molecular flexibility index (Phi) is 5.40. The van der Waals surface area contributed by atoms with Gasteiger partial charge in [-0.05, 0) is 17.7 Å². The standard InChI is InChI=1S/C20H17F2N3O4/c1-23-16(10-12-6-4-3-5-7-12)19(26)24(2)17(20(23)27)11-13-15(25(28)29)9-8-14(21)18(13)22/h3-9,11,16H,10H2,1-2H3. The third-order valence-electron chi connectivity index (χ3n) is 4.84. The fraction of sp³-hybridized carbons (Fsp3) is 0.200. The van der Waals surface area contributed by atoms with Crippen LogP contribution < -0.4 is 0 Å². The molecule has 2 aromatic carbocycles. The lowest BCUT2D eigenvalue weighted by Gasteiger charge is -2.38. The molecule has 0 aliphatic carbocycles. The Morgan fingerprint density at radius 2 is 1.76 bits per heavy atom. The summed E-state index contributed by atoms with van der Waals surface area (Å²) in [6.45, 7) is 0. The molecule has 3 rings (SSSR count). The van der Waals surface area contributed by atoms with Gasteiger partial charge in [-0.2, -0.15) is 0 Å². The molecule has 1 heterocycles. The highest BCUT2D eigenvalue weighted by atomic mass is 19.2. The largest absolute Gasteiger partial charge is 0.328 e. The molecule has 1 atom stereocenters. The van der Waals surface area contributed by atoms with Crippen molar-refractivity contribution in [2.75, 3.05) is 14.1 Å². The maximum Gasteiger partial charge on any atom is 0.279 e. The van der Waals surface area contributed by atoms with E-state index in [0.717, 1.165) is 22.6 Å². The van der Waals surface area contributed by atoms with Gasteiger partial charge in [-0.25, -0.2) is 8.78 Å². The summed E-state index contributed by atoms with van der Waals surface area (Å²) in [5.74, 6) is -3.84. The van der Waals surface area contributed by atoms with E-state index in [1.54, 1.807) is 0 Å². The molecule has 2 amide bonds. The van der Waals surface area contributed by atoms with Crippen molar-refractivity contribution < 1.29 is 23.3 Å². The average Bonchev–Trinajstić information content (AvgIpc) is 2.70. The van der Waals surface area contributed by atoms with Crippen molar-refractivity contribution >= 4 is 23.6 Å². The first-order valence-electron chi connectivity index (χ1n) is 8.65. The molecule has 2 aromatic rings. The number of hydrogen-bond donors (Lipinski definition) is 0. The van der Waals surface area contributed by atoms with E-state index < -0.39 is 45.7 Å². The molecule has 29 heavy (non-hydrogen) atoms. The quantitative estimate of drug-likeness (QED) is 0.448. The summed E-state index contributed by atoms with van der Waals surface area (Å²) in [6.07, 6.45) is 1.11. The monoisotopic (exact) mass is 401 g/mol. The van der Waals surface area contributed by atoms with Gasteiger partial charge in [0.15, 0.2) is 11.6 Å². The second-order valence-corrected chi connectivity index (χ2v) is 6.60. The Hall–Kier alpha value is -3.62. The Labute approximate surface area is 165 Å². The minimum Gasteiger partial charge on any atom is -0.328 e. The molecule has 1 aliphatic heterocycles. The number of nitrogens with zero attached hydrogens (tertiary/aromatic N) is 3. The summed E-state index contributed by atoms with van der Waals surface area (Å²) >= 11 is 0. The number of halogens is 2. The number of piperazine rings is 1. The minimum absolute atomic E-state index is 0.272. The molecule has 1 saturated heterocycles. The number of amides is 2. The number of carbonyl (C=O) groups is 2. The lowest BCUT2D eigenvalue weighted by molar-refractivity contribution is -0.385. The second-order valence-electron chi connectivity index (χ2n) is 6.60. The molecule has 0 saturated carbocycles. The highest BCUT2D eigenvalue weighted by Gasteiger charge is 2.39. The molecule has 0 aromatic heterocycles. The first-order chi connectivity index (χ1) is 13.7. The van der Waals surface area contributed by atoms with Crippen LogP contribution in [0, 0.1) is 21.7 Å². The average molecular weight is 401 g/mol. The molecular formula is C20H17F2N3O4. The van der Waals surface area contributed by atoms with Gasteiger partial charge in [-0.3, -0.25) is 19.7 Å². The summed E-state index contributed by atoms with van der Waals surface area (Å²) in [6, 6.07) is 9.74. The fourth-order valence-corrected chi connectivity index (χ4v) is 3.18. The summed E-state index contributed by atoms with van der Waals surface area (Å²) in [5, 5.41) is 11.2. The molecule has 150 valence electrons. The van der Waals surface area contributed by atoms with E-state index in [1.165, 1.54) is 19.0 Å². The summed E-state index contributed by atoms with van der Waals surface area (Å²) in [7, 11) is 2.74. The van der Waals surface area contributed by atoms with Crippen LogP contribution in [-0.2, 0) is 16.0 Å². The Bertz CT molecular complexity index is 1020. The summed E-state index contributed by atoms with van der Waals surface area (Å²) in [5.41, 5.74) is -0.848. The van der Waals surface area contributed by atoms with Crippen molar-refractivity contribution in [1.82, 2.24) is 9.80 Å². The van der Waals surface area contributed by atoms with E-state index in [4.69, 9.17) is 0 Å². The van der Waals surface area contributed by atoms with Crippen LogP contribution in [0.1, 0.15) is 11.1 Å². The van der Waals surface area contributed by atoms with E-state index in [1.807, 2.05) is 30.3 Å². The van der Waals surface area contributed by atoms with E-state index in [2.05, 4.69) is 0 Å². The van der Waals surface area contributed by atoms with E-state index in [-0.39, 0.29) is 12.1 Å². The number of benzene rings is 2. The van der Waals surface area contributed by atoms with Crippen molar-refractivity contribution in [3.05, 3.63) is 81.0 Å². The molecular weight excluding hydrogens is 384 g/mol. The van der Waals surface area contributed by atoms with Crippen molar-refractivity contribution in [3.63, 3.8) is 0 Å². The van der Waals surface area contributed by atoms with Gasteiger partial charge in [-0.1, -0.05) is 30.3 Å².